The van der Waals surface area contributed by atoms with Crippen molar-refractivity contribution in [3.05, 3.63) is 0 Å². The van der Waals surface area contributed by atoms with Crippen LogP contribution in [0.15, 0.2) is 0 Å². The first-order valence-corrected chi connectivity index (χ1v) is 22.0. The average Bonchev–Trinajstić information content (AvgIpc) is 3.65. The molecular weight excluding hydrogens is 701 g/mol. The Labute approximate surface area is 346 Å². The average molecular weight is 793 g/mol. The fraction of sp³-hybridized carbons (Fsp3) is 0.917. The van der Waals surface area contributed by atoms with Gasteiger partial charge in [-0.15, -0.1) is 0 Å². The quantitative estimate of drug-likeness (QED) is 0.145. The number of Topliss-reactive ketones (excluding diaryl/α,β-unsaturated/α-hetero) is 2. The van der Waals surface area contributed by atoms with Crippen molar-refractivity contribution in [3.8, 4) is 0 Å². The highest BCUT2D eigenvalue weighted by Crippen LogP contribution is 2.35. The fourth-order valence-corrected chi connectivity index (χ4v) is 6.71. The number of amides is 2. The van der Waals surface area contributed by atoms with Gasteiger partial charge in [-0.1, -0.05) is 125 Å². The van der Waals surface area contributed by atoms with Crippen molar-refractivity contribution in [2.24, 2.45) is 44.3 Å². The maximum absolute atomic E-state index is 12.2. The standard InChI is InChI=1S/C17H31NO2.C16H31NO2.C15H30O2/c1-16(2,3)11-14(19)7-8-15(20)18-10-9-13(12-18)17(4,5)6;1-15(2,3)8-11-19-12-10-17-9-7-13(14(17)18)16(4,5)6;1-14(2,3)10-8-12-17-11-7-9-13(16)15(4,5)6/h13H,7-12H2,1-6H3;13H,7-12H2,1-6H3;7-12H2,1-6H3. The first kappa shape index (κ1) is 54.2. The van der Waals surface area contributed by atoms with Gasteiger partial charge >= 0.3 is 0 Å². The number of carbonyl (C=O) groups is 4. The molecule has 2 unspecified atom stereocenters. The van der Waals surface area contributed by atoms with Gasteiger partial charge in [-0.2, -0.15) is 0 Å². The van der Waals surface area contributed by atoms with Crippen molar-refractivity contribution >= 4 is 23.4 Å². The molecule has 2 saturated heterocycles. The highest BCUT2D eigenvalue weighted by molar-refractivity contribution is 5.85. The largest absolute Gasteiger partial charge is 0.381 e. The van der Waals surface area contributed by atoms with E-state index in [9.17, 15) is 19.2 Å². The zero-order valence-electron chi connectivity index (χ0n) is 40.2. The van der Waals surface area contributed by atoms with E-state index in [1.54, 1.807) is 0 Å². The Kier molecular flexibility index (Phi) is 22.9. The normalized spacial score (nSPS) is 18.4. The highest BCUT2D eigenvalue weighted by atomic mass is 16.5. The predicted octanol–water partition coefficient (Wildman–Crippen LogP) is 11.2. The smallest absolute Gasteiger partial charge is 0.226 e. The minimum atomic E-state index is -0.202. The van der Waals surface area contributed by atoms with E-state index in [4.69, 9.17) is 9.47 Å². The van der Waals surface area contributed by atoms with Gasteiger partial charge < -0.3 is 19.3 Å². The van der Waals surface area contributed by atoms with Gasteiger partial charge in [0.25, 0.3) is 0 Å². The summed E-state index contributed by atoms with van der Waals surface area (Å²) in [4.78, 5) is 51.8. The van der Waals surface area contributed by atoms with Gasteiger partial charge in [-0.25, -0.2) is 0 Å². The lowest BCUT2D eigenvalue weighted by Gasteiger charge is -2.27. The number of ether oxygens (including phenoxy) is 2. The van der Waals surface area contributed by atoms with E-state index >= 15 is 0 Å². The van der Waals surface area contributed by atoms with Crippen molar-refractivity contribution in [1.29, 1.82) is 0 Å². The molecule has 56 heavy (non-hydrogen) atoms. The molecule has 2 amide bonds. The molecule has 0 bridgehead atoms. The Balaban J connectivity index is 0.000000814. The molecule has 8 nitrogen and oxygen atoms in total. The minimum absolute atomic E-state index is 0.0190. The zero-order chi connectivity index (χ0) is 43.8. The number of ketones is 2. The Morgan fingerprint density at radius 1 is 0.607 bits per heavy atom. The molecule has 2 aliphatic rings. The summed E-state index contributed by atoms with van der Waals surface area (Å²) < 4.78 is 11.2. The summed E-state index contributed by atoms with van der Waals surface area (Å²) in [6.07, 6.45) is 8.27. The van der Waals surface area contributed by atoms with E-state index < -0.39 is 0 Å². The van der Waals surface area contributed by atoms with Crippen molar-refractivity contribution in [3.63, 3.8) is 0 Å². The first-order chi connectivity index (χ1) is 25.2. The lowest BCUT2D eigenvalue weighted by Crippen LogP contribution is -2.34. The Morgan fingerprint density at radius 3 is 1.62 bits per heavy atom. The second-order valence-corrected chi connectivity index (χ2v) is 23.5. The number of rotatable bonds is 16. The van der Waals surface area contributed by atoms with Gasteiger partial charge in [-0.3, -0.25) is 19.2 Å². The van der Waals surface area contributed by atoms with Crippen LogP contribution < -0.4 is 0 Å². The minimum Gasteiger partial charge on any atom is -0.381 e. The number of nitrogens with zero attached hydrogens (tertiary/aromatic N) is 2. The van der Waals surface area contributed by atoms with Gasteiger partial charge in [0.1, 0.15) is 11.6 Å². The molecule has 8 heteroatoms. The van der Waals surface area contributed by atoms with Crippen LogP contribution in [0, 0.1) is 44.3 Å². The van der Waals surface area contributed by atoms with Crippen LogP contribution in [0.5, 0.6) is 0 Å². The second kappa shape index (κ2) is 23.7. The number of hydrogen-bond acceptors (Lipinski definition) is 6. The van der Waals surface area contributed by atoms with Crippen LogP contribution in [-0.4, -0.2) is 85.8 Å². The van der Waals surface area contributed by atoms with Gasteiger partial charge in [0.15, 0.2) is 0 Å². The molecule has 0 aromatic rings. The summed E-state index contributed by atoms with van der Waals surface area (Å²) in [5.74, 6) is 1.76. The van der Waals surface area contributed by atoms with Gasteiger partial charge in [0.2, 0.25) is 11.8 Å². The van der Waals surface area contributed by atoms with Crippen LogP contribution in [0.1, 0.15) is 189 Å². The van der Waals surface area contributed by atoms with Gasteiger partial charge in [-0.05, 0) is 71.5 Å². The lowest BCUT2D eigenvalue weighted by atomic mass is 9.80. The van der Waals surface area contributed by atoms with Crippen LogP contribution in [0.3, 0.4) is 0 Å². The third-order valence-electron chi connectivity index (χ3n) is 10.7. The van der Waals surface area contributed by atoms with Crippen molar-refractivity contribution in [2.45, 2.75) is 189 Å². The number of likely N-dealkylation sites (tertiary alicyclic amines) is 2. The molecule has 0 saturated carbocycles. The Bertz CT molecular complexity index is 1170. The molecule has 2 aliphatic heterocycles. The molecule has 0 radical (unpaired) electrons. The fourth-order valence-electron chi connectivity index (χ4n) is 6.71. The molecule has 2 rings (SSSR count). The lowest BCUT2D eigenvalue weighted by molar-refractivity contribution is -0.134. The second-order valence-electron chi connectivity index (χ2n) is 23.5. The van der Waals surface area contributed by atoms with Crippen LogP contribution >= 0.6 is 0 Å². The Morgan fingerprint density at radius 2 is 1.16 bits per heavy atom. The molecule has 0 spiro atoms. The highest BCUT2D eigenvalue weighted by Gasteiger charge is 2.39. The molecule has 330 valence electrons. The van der Waals surface area contributed by atoms with E-state index in [2.05, 4.69) is 104 Å². The van der Waals surface area contributed by atoms with E-state index in [0.717, 1.165) is 71.5 Å². The summed E-state index contributed by atoms with van der Waals surface area (Å²) in [6.45, 7) is 45.0. The molecular formula is C48H92N2O6. The summed E-state index contributed by atoms with van der Waals surface area (Å²) in [5.41, 5.74) is 0.875. The number of hydrogen-bond donors (Lipinski definition) is 0. The topological polar surface area (TPSA) is 93.2 Å². The third kappa shape index (κ3) is 26.3. The van der Waals surface area contributed by atoms with Crippen molar-refractivity contribution < 1.29 is 28.7 Å². The molecule has 0 aliphatic carbocycles. The molecule has 2 atom stereocenters. The van der Waals surface area contributed by atoms with E-state index in [0.29, 0.717) is 67.3 Å². The van der Waals surface area contributed by atoms with Gasteiger partial charge in [0.05, 0.1) is 6.61 Å². The van der Waals surface area contributed by atoms with Crippen LogP contribution in [0.4, 0.5) is 0 Å². The Hall–Kier alpha value is -1.80. The SMILES string of the molecule is CC(C)(C)CC(=O)CCC(=O)N1CCC(C(C)(C)C)C1.CC(C)(C)CCCOCCCC(=O)C(C)(C)C.CC(C)(C)CCOCCN1CCC(C(C)(C)C)C1=O. The van der Waals surface area contributed by atoms with Crippen molar-refractivity contribution in [1.82, 2.24) is 9.80 Å². The predicted molar refractivity (Wildman–Crippen MR) is 235 cm³/mol. The molecule has 0 N–H and O–H groups in total. The van der Waals surface area contributed by atoms with Crippen LogP contribution in [0.25, 0.3) is 0 Å². The maximum Gasteiger partial charge on any atom is 0.226 e. The molecule has 2 heterocycles. The van der Waals surface area contributed by atoms with Crippen LogP contribution in [0.2, 0.25) is 0 Å². The van der Waals surface area contributed by atoms with Crippen molar-refractivity contribution in [2.75, 3.05) is 52.6 Å². The summed E-state index contributed by atoms with van der Waals surface area (Å²) in [5, 5.41) is 0. The molecule has 0 aromatic heterocycles. The number of carbonyl (C=O) groups excluding carboxylic acids is 4. The summed E-state index contributed by atoms with van der Waals surface area (Å²) in [7, 11) is 0. The first-order valence-electron chi connectivity index (χ1n) is 22.0. The molecule has 2 fully saturated rings. The summed E-state index contributed by atoms with van der Waals surface area (Å²) in [6, 6.07) is 0. The van der Waals surface area contributed by atoms with E-state index in [1.165, 1.54) is 6.42 Å². The maximum atomic E-state index is 12.2. The monoisotopic (exact) mass is 793 g/mol. The van der Waals surface area contributed by atoms with E-state index in [-0.39, 0.29) is 39.3 Å². The zero-order valence-corrected chi connectivity index (χ0v) is 40.2. The van der Waals surface area contributed by atoms with E-state index in [1.807, 2.05) is 30.6 Å². The summed E-state index contributed by atoms with van der Waals surface area (Å²) >= 11 is 0. The van der Waals surface area contributed by atoms with Crippen LogP contribution in [-0.2, 0) is 28.7 Å². The third-order valence-corrected chi connectivity index (χ3v) is 10.7. The van der Waals surface area contributed by atoms with Gasteiger partial charge in [0, 0.05) is 83.0 Å². The molecule has 0 aromatic carbocycles.